The van der Waals surface area contributed by atoms with Crippen molar-refractivity contribution in [2.24, 2.45) is 0 Å². The summed E-state index contributed by atoms with van der Waals surface area (Å²) in [6, 6.07) is -0.000161. The lowest BCUT2D eigenvalue weighted by molar-refractivity contribution is 0.149. The van der Waals surface area contributed by atoms with Gasteiger partial charge in [0.15, 0.2) is 0 Å². The van der Waals surface area contributed by atoms with E-state index in [0.29, 0.717) is 13.1 Å². The second-order valence-electron chi connectivity index (χ2n) is 5.22. The molecule has 1 aliphatic rings. The lowest BCUT2D eigenvalue weighted by atomic mass is 10.0. The van der Waals surface area contributed by atoms with Crippen LogP contribution in [0.1, 0.15) is 39.5 Å². The van der Waals surface area contributed by atoms with E-state index in [4.69, 9.17) is 0 Å². The van der Waals surface area contributed by atoms with Crippen molar-refractivity contribution in [1.82, 2.24) is 14.9 Å². The molecule has 0 spiro atoms. The molecular weight excluding hydrogens is 266 g/mol. The van der Waals surface area contributed by atoms with E-state index in [-0.39, 0.29) is 18.1 Å². The number of nitrogens with zero attached hydrogens (tertiary/aromatic N) is 1. The topological polar surface area (TPSA) is 78.5 Å². The first-order valence-corrected chi connectivity index (χ1v) is 8.74. The number of urea groups is 1. The lowest BCUT2D eigenvalue weighted by Crippen LogP contribution is -2.54. The number of hydrogen-bond acceptors (Lipinski definition) is 3. The van der Waals surface area contributed by atoms with Crippen LogP contribution < -0.4 is 10.0 Å². The highest BCUT2D eigenvalue weighted by Gasteiger charge is 2.27. The van der Waals surface area contributed by atoms with Gasteiger partial charge in [0.25, 0.3) is 0 Å². The minimum atomic E-state index is -3.21. The molecule has 0 saturated carbocycles. The fourth-order valence-electron chi connectivity index (χ4n) is 2.12. The number of hydrogen-bond donors (Lipinski definition) is 2. The maximum Gasteiger partial charge on any atom is 0.317 e. The molecule has 0 radical (unpaired) electrons. The third-order valence-electron chi connectivity index (χ3n) is 3.45. The van der Waals surface area contributed by atoms with Crippen LogP contribution in [0.25, 0.3) is 0 Å². The largest absolute Gasteiger partial charge is 0.336 e. The minimum Gasteiger partial charge on any atom is -0.336 e. The monoisotopic (exact) mass is 291 g/mol. The van der Waals surface area contributed by atoms with Crippen molar-refractivity contribution in [3.8, 4) is 0 Å². The highest BCUT2D eigenvalue weighted by atomic mass is 32.2. The van der Waals surface area contributed by atoms with Gasteiger partial charge in [-0.2, -0.15) is 0 Å². The van der Waals surface area contributed by atoms with Crippen molar-refractivity contribution in [3.63, 3.8) is 0 Å². The van der Waals surface area contributed by atoms with Crippen molar-refractivity contribution in [3.05, 3.63) is 0 Å². The van der Waals surface area contributed by atoms with Crippen LogP contribution in [-0.2, 0) is 10.0 Å². The van der Waals surface area contributed by atoms with E-state index in [2.05, 4.69) is 10.0 Å². The Bertz CT molecular complexity index is 397. The summed E-state index contributed by atoms with van der Waals surface area (Å²) in [4.78, 5) is 13.9. The van der Waals surface area contributed by atoms with E-state index < -0.39 is 10.0 Å². The Hall–Kier alpha value is -0.820. The first kappa shape index (κ1) is 16.2. The van der Waals surface area contributed by atoms with Crippen molar-refractivity contribution >= 4 is 16.1 Å². The van der Waals surface area contributed by atoms with Gasteiger partial charge in [-0.15, -0.1) is 0 Å². The summed E-state index contributed by atoms with van der Waals surface area (Å²) in [5.41, 5.74) is 0. The van der Waals surface area contributed by atoms with Crippen LogP contribution in [0.3, 0.4) is 0 Å². The van der Waals surface area contributed by atoms with Crippen LogP contribution in [0.4, 0.5) is 4.79 Å². The van der Waals surface area contributed by atoms with Crippen LogP contribution >= 0.6 is 0 Å². The molecule has 2 unspecified atom stereocenters. The number of rotatable bonds is 5. The number of carbonyl (C=O) groups is 1. The molecule has 0 aromatic heterocycles. The fraction of sp³-hybridized carbons (Fsp3) is 0.917. The third kappa shape index (κ3) is 5.78. The number of piperidine rings is 1. The molecule has 7 heteroatoms. The molecule has 6 nitrogen and oxygen atoms in total. The molecule has 1 saturated heterocycles. The molecule has 1 aliphatic heterocycles. The second kappa shape index (κ2) is 7.09. The Morgan fingerprint density at radius 3 is 2.68 bits per heavy atom. The van der Waals surface area contributed by atoms with E-state index >= 15 is 0 Å². The van der Waals surface area contributed by atoms with Gasteiger partial charge in [0.05, 0.1) is 6.26 Å². The molecule has 112 valence electrons. The molecule has 0 aliphatic carbocycles. The maximum absolute atomic E-state index is 12.1. The summed E-state index contributed by atoms with van der Waals surface area (Å²) < 4.78 is 24.8. The zero-order valence-corrected chi connectivity index (χ0v) is 12.8. The smallest absolute Gasteiger partial charge is 0.317 e. The van der Waals surface area contributed by atoms with Gasteiger partial charge < -0.3 is 10.2 Å². The normalized spacial score (nSPS) is 22.1. The Balaban J connectivity index is 2.59. The molecule has 0 aromatic carbocycles. The number of nitrogens with one attached hydrogen (secondary N) is 2. The minimum absolute atomic E-state index is 0.0486. The molecule has 1 rings (SSSR count). The van der Waals surface area contributed by atoms with Crippen LogP contribution in [0.5, 0.6) is 0 Å². The van der Waals surface area contributed by atoms with E-state index in [9.17, 15) is 13.2 Å². The fourth-order valence-corrected chi connectivity index (χ4v) is 2.62. The van der Waals surface area contributed by atoms with E-state index in [1.54, 1.807) is 4.90 Å². The molecular formula is C12H25N3O3S. The Morgan fingerprint density at radius 1 is 1.42 bits per heavy atom. The second-order valence-corrected chi connectivity index (χ2v) is 7.06. The summed E-state index contributed by atoms with van der Waals surface area (Å²) >= 11 is 0. The van der Waals surface area contributed by atoms with Crippen molar-refractivity contribution < 1.29 is 13.2 Å². The molecule has 19 heavy (non-hydrogen) atoms. The molecule has 0 aromatic rings. The van der Waals surface area contributed by atoms with Crippen molar-refractivity contribution in [1.29, 1.82) is 0 Å². The van der Waals surface area contributed by atoms with Crippen LogP contribution in [0, 0.1) is 0 Å². The van der Waals surface area contributed by atoms with Gasteiger partial charge in [0.2, 0.25) is 10.0 Å². The van der Waals surface area contributed by atoms with Gasteiger partial charge in [0.1, 0.15) is 0 Å². The van der Waals surface area contributed by atoms with Crippen LogP contribution in [0.2, 0.25) is 0 Å². The molecule has 1 fully saturated rings. The highest BCUT2D eigenvalue weighted by molar-refractivity contribution is 7.88. The van der Waals surface area contributed by atoms with E-state index in [1.807, 2.05) is 13.8 Å². The Labute approximate surface area is 116 Å². The first-order valence-electron chi connectivity index (χ1n) is 6.85. The molecule has 2 amide bonds. The maximum atomic E-state index is 12.1. The van der Waals surface area contributed by atoms with Crippen molar-refractivity contribution in [2.45, 2.75) is 51.6 Å². The zero-order chi connectivity index (χ0) is 14.5. The Morgan fingerprint density at radius 2 is 2.11 bits per heavy atom. The predicted octanol–water partition coefficient (Wildman–Crippen LogP) is 0.898. The van der Waals surface area contributed by atoms with Crippen LogP contribution in [-0.4, -0.2) is 50.8 Å². The molecule has 1 heterocycles. The van der Waals surface area contributed by atoms with Gasteiger partial charge >= 0.3 is 6.03 Å². The predicted molar refractivity (Wildman–Crippen MR) is 75.5 cm³/mol. The highest BCUT2D eigenvalue weighted by Crippen LogP contribution is 2.17. The van der Waals surface area contributed by atoms with Gasteiger partial charge in [-0.05, 0) is 32.6 Å². The summed E-state index contributed by atoms with van der Waals surface area (Å²) in [6.07, 6.45) is 4.87. The molecule has 0 bridgehead atoms. The zero-order valence-electron chi connectivity index (χ0n) is 12.0. The molecule has 2 N–H and O–H groups in total. The number of carbonyl (C=O) groups excluding carboxylic acids is 1. The lowest BCUT2D eigenvalue weighted by Gasteiger charge is -2.36. The van der Waals surface area contributed by atoms with Crippen LogP contribution in [0.15, 0.2) is 0 Å². The Kier molecular flexibility index (Phi) is 6.06. The third-order valence-corrected chi connectivity index (χ3v) is 4.14. The number of amides is 2. The summed E-state index contributed by atoms with van der Waals surface area (Å²) in [7, 11) is -3.21. The standard InChI is InChI=1S/C12H25N3O3S/c1-4-10(2)14-12(16)15-8-6-5-7-11(15)9-13-19(3,17)18/h10-11,13H,4-9H2,1-3H3,(H,14,16). The number of sulfonamides is 1. The number of likely N-dealkylation sites (tertiary alicyclic amines) is 1. The van der Waals surface area contributed by atoms with E-state index in [0.717, 1.165) is 31.9 Å². The van der Waals surface area contributed by atoms with Gasteiger partial charge in [-0.3, -0.25) is 0 Å². The average Bonchev–Trinajstić information content (AvgIpc) is 2.35. The van der Waals surface area contributed by atoms with Crippen molar-refractivity contribution in [2.75, 3.05) is 19.3 Å². The first-order chi connectivity index (χ1) is 8.83. The average molecular weight is 291 g/mol. The summed E-state index contributed by atoms with van der Waals surface area (Å²) in [5.74, 6) is 0. The SMILES string of the molecule is CCC(C)NC(=O)N1CCCCC1CNS(C)(=O)=O. The van der Waals surface area contributed by atoms with Gasteiger partial charge in [-0.1, -0.05) is 6.92 Å². The molecule has 2 atom stereocenters. The van der Waals surface area contributed by atoms with Gasteiger partial charge in [0, 0.05) is 25.2 Å². The quantitative estimate of drug-likeness (QED) is 0.790. The van der Waals surface area contributed by atoms with E-state index in [1.165, 1.54) is 0 Å². The van der Waals surface area contributed by atoms with Gasteiger partial charge in [-0.25, -0.2) is 17.9 Å². The summed E-state index contributed by atoms with van der Waals surface area (Å²) in [6.45, 7) is 4.97. The summed E-state index contributed by atoms with van der Waals surface area (Å²) in [5, 5.41) is 2.94.